The number of fused-ring (bicyclic) bond motifs is 5. The molecule has 144 valence electrons. The van der Waals surface area contributed by atoms with Gasteiger partial charge in [0.1, 0.15) is 5.75 Å². The molecule has 2 saturated carbocycles. The lowest BCUT2D eigenvalue weighted by molar-refractivity contribution is -0.127. The molecule has 4 atom stereocenters. The number of carbonyl (C=O) groups is 1. The molecular weight excluding hydrogens is 368 g/mol. The maximum absolute atomic E-state index is 13.4. The first-order valence-electron chi connectivity index (χ1n) is 10.3. The van der Waals surface area contributed by atoms with Crippen LogP contribution in [0.3, 0.4) is 0 Å². The van der Waals surface area contributed by atoms with Gasteiger partial charge in [-0.05, 0) is 102 Å². The average Bonchev–Trinajstić information content (AvgIpc) is 2.94. The zero-order valence-electron chi connectivity index (χ0n) is 16.1. The molecule has 0 saturated heterocycles. The molecule has 0 amide bonds. The minimum absolute atomic E-state index is 0.228. The Hall–Kier alpha value is -2.06. The van der Waals surface area contributed by atoms with Crippen molar-refractivity contribution in [2.24, 2.45) is 17.3 Å². The molecule has 2 aromatic rings. The second kappa shape index (κ2) is 6.49. The molecule has 0 aromatic heterocycles. The van der Waals surface area contributed by atoms with E-state index in [1.54, 1.807) is 0 Å². The van der Waals surface area contributed by atoms with Crippen LogP contribution in [-0.2, 0) is 11.2 Å². The van der Waals surface area contributed by atoms with Gasteiger partial charge in [0.15, 0.2) is 5.78 Å². The summed E-state index contributed by atoms with van der Waals surface area (Å²) in [6.45, 7) is 2.20. The fraction of sp³-hybridized carbons (Fsp3) is 0.400. The zero-order chi connectivity index (χ0) is 19.5. The van der Waals surface area contributed by atoms with Gasteiger partial charge in [0.05, 0.1) is 0 Å². The second-order valence-electron chi connectivity index (χ2n) is 9.01. The Morgan fingerprint density at radius 3 is 2.71 bits per heavy atom. The monoisotopic (exact) mass is 392 g/mol. The van der Waals surface area contributed by atoms with E-state index >= 15 is 0 Å². The third-order valence-electron chi connectivity index (χ3n) is 7.56. The molecule has 1 N–H and O–H groups in total. The van der Waals surface area contributed by atoms with Crippen LogP contribution in [0.2, 0.25) is 5.02 Å². The van der Waals surface area contributed by atoms with E-state index in [2.05, 4.69) is 19.1 Å². The standard InChI is InChI=1S/C25H25ClO2/c1-25-11-10-21-20-9-7-19(27)13-16(20)4-8-22(21)23(25)14-17(24(25)28)12-15-2-5-18(26)6-3-15/h2-3,5-7,9,12-13,21-23,27H,4,8,10-11,14H2,1H3/t21-,22+,23-,25-/m0/s1. The van der Waals surface area contributed by atoms with Crippen molar-refractivity contribution in [2.45, 2.75) is 44.9 Å². The van der Waals surface area contributed by atoms with Crippen molar-refractivity contribution in [2.75, 3.05) is 0 Å². The van der Waals surface area contributed by atoms with Crippen LogP contribution >= 0.6 is 11.6 Å². The lowest BCUT2D eigenvalue weighted by Crippen LogP contribution is -2.42. The maximum Gasteiger partial charge on any atom is 0.165 e. The zero-order valence-corrected chi connectivity index (χ0v) is 16.9. The van der Waals surface area contributed by atoms with Gasteiger partial charge in [0, 0.05) is 10.4 Å². The fourth-order valence-corrected chi connectivity index (χ4v) is 6.25. The van der Waals surface area contributed by atoms with Crippen molar-refractivity contribution in [1.82, 2.24) is 0 Å². The molecule has 0 spiro atoms. The highest BCUT2D eigenvalue weighted by atomic mass is 35.5. The molecule has 2 nitrogen and oxygen atoms in total. The molecule has 0 bridgehead atoms. The molecule has 0 unspecified atom stereocenters. The quantitative estimate of drug-likeness (QED) is 0.589. The molecule has 3 aliphatic carbocycles. The number of aryl methyl sites for hydroxylation is 1. The lowest BCUT2D eigenvalue weighted by Gasteiger charge is -2.48. The summed E-state index contributed by atoms with van der Waals surface area (Å²) in [5.74, 6) is 2.20. The smallest absolute Gasteiger partial charge is 0.165 e. The minimum Gasteiger partial charge on any atom is -0.508 e. The summed E-state index contributed by atoms with van der Waals surface area (Å²) in [7, 11) is 0. The molecule has 0 heterocycles. The molecule has 0 aliphatic heterocycles. The highest BCUT2D eigenvalue weighted by molar-refractivity contribution is 6.30. The van der Waals surface area contributed by atoms with E-state index in [0.717, 1.165) is 48.3 Å². The van der Waals surface area contributed by atoms with Crippen molar-refractivity contribution < 1.29 is 9.90 Å². The van der Waals surface area contributed by atoms with Gasteiger partial charge in [0.25, 0.3) is 0 Å². The fourth-order valence-electron chi connectivity index (χ4n) is 6.13. The summed E-state index contributed by atoms with van der Waals surface area (Å²) < 4.78 is 0. The molecular formula is C25H25ClO2. The van der Waals surface area contributed by atoms with E-state index < -0.39 is 0 Å². The van der Waals surface area contributed by atoms with Crippen molar-refractivity contribution in [3.8, 4) is 5.75 Å². The lowest BCUT2D eigenvalue weighted by atomic mass is 9.55. The molecule has 2 aromatic carbocycles. The van der Waals surface area contributed by atoms with Crippen LogP contribution in [0.15, 0.2) is 48.0 Å². The normalized spacial score (nSPS) is 32.7. The summed E-state index contributed by atoms with van der Waals surface area (Å²) in [6.07, 6.45) is 7.09. The number of allylic oxidation sites excluding steroid dienone is 1. The SMILES string of the molecule is C[C@]12CC[C@H]3c4ccc(O)cc4CC[C@H]3[C@@H]1CC(=Cc1ccc(Cl)cc1)C2=O. The number of hydrogen-bond acceptors (Lipinski definition) is 2. The average molecular weight is 393 g/mol. The predicted octanol–water partition coefficient (Wildman–Crippen LogP) is 6.16. The molecule has 5 rings (SSSR count). The third kappa shape index (κ3) is 2.73. The number of carbonyl (C=O) groups excluding carboxylic acids is 1. The Bertz CT molecular complexity index is 975. The molecule has 3 aliphatic rings. The largest absolute Gasteiger partial charge is 0.508 e. The van der Waals surface area contributed by atoms with Gasteiger partial charge in [-0.15, -0.1) is 0 Å². The van der Waals surface area contributed by atoms with Gasteiger partial charge in [0.2, 0.25) is 0 Å². The van der Waals surface area contributed by atoms with Crippen LogP contribution in [0.4, 0.5) is 0 Å². The van der Waals surface area contributed by atoms with E-state index in [4.69, 9.17) is 11.6 Å². The van der Waals surface area contributed by atoms with Gasteiger partial charge < -0.3 is 5.11 Å². The highest BCUT2D eigenvalue weighted by Gasteiger charge is 2.56. The van der Waals surface area contributed by atoms with Crippen LogP contribution in [-0.4, -0.2) is 10.9 Å². The Morgan fingerprint density at radius 2 is 1.93 bits per heavy atom. The summed E-state index contributed by atoms with van der Waals surface area (Å²) in [5.41, 5.74) is 4.50. The van der Waals surface area contributed by atoms with Gasteiger partial charge >= 0.3 is 0 Å². The number of phenols is 1. The van der Waals surface area contributed by atoms with Gasteiger partial charge in [-0.25, -0.2) is 0 Å². The summed E-state index contributed by atoms with van der Waals surface area (Å²) in [6, 6.07) is 13.6. The molecule has 2 fully saturated rings. The number of phenolic OH excluding ortho intramolecular Hbond substituents is 1. The summed E-state index contributed by atoms with van der Waals surface area (Å²) in [4.78, 5) is 13.4. The van der Waals surface area contributed by atoms with E-state index in [1.165, 1.54) is 11.1 Å². The van der Waals surface area contributed by atoms with E-state index in [0.29, 0.717) is 29.3 Å². The van der Waals surface area contributed by atoms with E-state index in [1.807, 2.05) is 36.4 Å². The number of Topliss-reactive ketones (excluding diaryl/α,β-unsaturated/α-hetero) is 1. The first-order valence-corrected chi connectivity index (χ1v) is 10.7. The number of aromatic hydroxyl groups is 1. The molecule has 0 radical (unpaired) electrons. The number of benzene rings is 2. The number of hydrogen-bond donors (Lipinski definition) is 1. The highest BCUT2D eigenvalue weighted by Crippen LogP contribution is 2.60. The van der Waals surface area contributed by atoms with Gasteiger partial charge in [-0.3, -0.25) is 4.79 Å². The molecule has 3 heteroatoms. The van der Waals surface area contributed by atoms with Crippen LogP contribution < -0.4 is 0 Å². The number of ketones is 1. The van der Waals surface area contributed by atoms with Crippen LogP contribution in [0.5, 0.6) is 5.75 Å². The van der Waals surface area contributed by atoms with Crippen molar-refractivity contribution >= 4 is 23.5 Å². The van der Waals surface area contributed by atoms with E-state index in [9.17, 15) is 9.90 Å². The van der Waals surface area contributed by atoms with Gasteiger partial charge in [-0.1, -0.05) is 36.7 Å². The second-order valence-corrected chi connectivity index (χ2v) is 9.45. The topological polar surface area (TPSA) is 37.3 Å². The molecule has 28 heavy (non-hydrogen) atoms. The van der Waals surface area contributed by atoms with E-state index in [-0.39, 0.29) is 5.41 Å². The Balaban J connectivity index is 1.48. The number of halogens is 1. The third-order valence-corrected chi connectivity index (χ3v) is 7.81. The summed E-state index contributed by atoms with van der Waals surface area (Å²) >= 11 is 6.00. The Kier molecular flexibility index (Phi) is 4.17. The number of rotatable bonds is 1. The van der Waals surface area contributed by atoms with Crippen molar-refractivity contribution in [3.05, 3.63) is 69.8 Å². The van der Waals surface area contributed by atoms with Crippen molar-refractivity contribution in [3.63, 3.8) is 0 Å². The van der Waals surface area contributed by atoms with Crippen LogP contribution in [0, 0.1) is 17.3 Å². The van der Waals surface area contributed by atoms with Crippen LogP contribution in [0.1, 0.15) is 55.2 Å². The van der Waals surface area contributed by atoms with Crippen LogP contribution in [0.25, 0.3) is 6.08 Å². The Labute approximate surface area is 171 Å². The first-order chi connectivity index (χ1) is 13.5. The first kappa shape index (κ1) is 18.0. The summed E-state index contributed by atoms with van der Waals surface area (Å²) in [5, 5.41) is 10.6. The predicted molar refractivity (Wildman–Crippen MR) is 113 cm³/mol. The maximum atomic E-state index is 13.4. The Morgan fingerprint density at radius 1 is 1.14 bits per heavy atom. The van der Waals surface area contributed by atoms with Crippen molar-refractivity contribution in [1.29, 1.82) is 0 Å². The van der Waals surface area contributed by atoms with Gasteiger partial charge in [-0.2, -0.15) is 0 Å². The minimum atomic E-state index is -0.228.